The van der Waals surface area contributed by atoms with E-state index in [9.17, 15) is 4.79 Å². The number of anilines is 1. The Morgan fingerprint density at radius 1 is 1.47 bits per heavy atom. The molecule has 17 heavy (non-hydrogen) atoms. The van der Waals surface area contributed by atoms with Crippen molar-refractivity contribution in [1.29, 1.82) is 0 Å². The molecule has 1 heterocycles. The Bertz CT molecular complexity index is 391. The van der Waals surface area contributed by atoms with Gasteiger partial charge in [-0.2, -0.15) is 0 Å². The Morgan fingerprint density at radius 3 is 2.76 bits per heavy atom. The lowest BCUT2D eigenvalue weighted by Gasteiger charge is -2.26. The zero-order valence-electron chi connectivity index (χ0n) is 10.8. The first-order valence-corrected chi connectivity index (χ1v) is 5.67. The fraction of sp³-hybridized carbons (Fsp3) is 0.583. The predicted molar refractivity (Wildman–Crippen MR) is 66.0 cm³/mol. The summed E-state index contributed by atoms with van der Waals surface area (Å²) in [6.07, 6.45) is 5.08. The molecule has 0 saturated carbocycles. The van der Waals surface area contributed by atoms with Gasteiger partial charge >= 0.3 is 5.97 Å². The third-order valence-electron chi connectivity index (χ3n) is 2.37. The molecule has 1 N–H and O–H groups in total. The topological polar surface area (TPSA) is 64.1 Å². The van der Waals surface area contributed by atoms with Crippen LogP contribution in [-0.2, 0) is 4.74 Å². The highest BCUT2D eigenvalue weighted by Gasteiger charge is 2.17. The van der Waals surface area contributed by atoms with E-state index in [1.165, 1.54) is 13.3 Å². The van der Waals surface area contributed by atoms with E-state index in [1.54, 1.807) is 6.20 Å². The van der Waals surface area contributed by atoms with Crippen molar-refractivity contribution < 1.29 is 9.53 Å². The van der Waals surface area contributed by atoms with Gasteiger partial charge in [0.05, 0.1) is 19.5 Å². The van der Waals surface area contributed by atoms with Crippen LogP contribution in [0.2, 0.25) is 0 Å². The van der Waals surface area contributed by atoms with Gasteiger partial charge in [-0.25, -0.2) is 9.78 Å². The van der Waals surface area contributed by atoms with E-state index in [4.69, 9.17) is 0 Å². The average molecular weight is 237 g/mol. The minimum absolute atomic E-state index is 0.0713. The van der Waals surface area contributed by atoms with Crippen molar-refractivity contribution in [2.24, 2.45) is 0 Å². The standard InChI is InChI=1S/C12H19N3O2/c1-5-6-12(2,3)15-10-8-13-7-9(14-10)11(16)17-4/h7-8H,5-6H2,1-4H3,(H,14,15). The maximum atomic E-state index is 11.3. The summed E-state index contributed by atoms with van der Waals surface area (Å²) in [5.74, 6) is 0.112. The number of carbonyl (C=O) groups excluding carboxylic acids is 1. The molecule has 0 radical (unpaired) electrons. The minimum atomic E-state index is -0.477. The second-order valence-electron chi connectivity index (χ2n) is 4.54. The van der Waals surface area contributed by atoms with E-state index in [0.29, 0.717) is 5.82 Å². The number of rotatable bonds is 5. The lowest BCUT2D eigenvalue weighted by Crippen LogP contribution is -2.31. The molecular weight excluding hydrogens is 218 g/mol. The third-order valence-corrected chi connectivity index (χ3v) is 2.37. The molecule has 1 aromatic rings. The lowest BCUT2D eigenvalue weighted by atomic mass is 9.99. The van der Waals surface area contributed by atoms with Crippen LogP contribution in [0.15, 0.2) is 12.4 Å². The molecule has 0 unspecified atom stereocenters. The maximum Gasteiger partial charge on any atom is 0.358 e. The summed E-state index contributed by atoms with van der Waals surface area (Å²) in [6.45, 7) is 6.30. The molecule has 1 aromatic heterocycles. The molecule has 0 aliphatic rings. The fourth-order valence-corrected chi connectivity index (χ4v) is 1.66. The normalized spacial score (nSPS) is 11.1. The number of hydrogen-bond acceptors (Lipinski definition) is 5. The number of esters is 1. The minimum Gasteiger partial charge on any atom is -0.464 e. The van der Waals surface area contributed by atoms with Gasteiger partial charge in [0.1, 0.15) is 5.82 Å². The van der Waals surface area contributed by atoms with Crippen LogP contribution < -0.4 is 5.32 Å². The molecule has 5 heteroatoms. The van der Waals surface area contributed by atoms with Crippen LogP contribution in [-0.4, -0.2) is 28.6 Å². The molecule has 0 atom stereocenters. The number of nitrogens with zero attached hydrogens (tertiary/aromatic N) is 2. The van der Waals surface area contributed by atoms with Crippen LogP contribution in [0.25, 0.3) is 0 Å². The number of methoxy groups -OCH3 is 1. The second-order valence-corrected chi connectivity index (χ2v) is 4.54. The Labute approximate surface area is 102 Å². The van der Waals surface area contributed by atoms with Gasteiger partial charge in [-0.15, -0.1) is 0 Å². The summed E-state index contributed by atoms with van der Waals surface area (Å²) >= 11 is 0. The molecule has 0 aromatic carbocycles. The van der Waals surface area contributed by atoms with Gasteiger partial charge < -0.3 is 10.1 Å². The van der Waals surface area contributed by atoms with Crippen LogP contribution in [0.5, 0.6) is 0 Å². The summed E-state index contributed by atoms with van der Waals surface area (Å²) in [6, 6.07) is 0. The summed E-state index contributed by atoms with van der Waals surface area (Å²) in [5.41, 5.74) is 0.142. The first kappa shape index (κ1) is 13.4. The number of nitrogens with one attached hydrogen (secondary N) is 1. The first-order chi connectivity index (χ1) is 7.98. The van der Waals surface area contributed by atoms with E-state index in [2.05, 4.69) is 40.8 Å². The third kappa shape index (κ3) is 4.01. The van der Waals surface area contributed by atoms with Crippen LogP contribution in [0.1, 0.15) is 44.1 Å². The zero-order valence-corrected chi connectivity index (χ0v) is 10.8. The van der Waals surface area contributed by atoms with Crippen molar-refractivity contribution in [2.75, 3.05) is 12.4 Å². The van der Waals surface area contributed by atoms with E-state index in [1.807, 2.05) is 0 Å². The van der Waals surface area contributed by atoms with Gasteiger partial charge in [-0.05, 0) is 20.3 Å². The van der Waals surface area contributed by atoms with Gasteiger partial charge in [0.2, 0.25) is 0 Å². The second kappa shape index (κ2) is 5.61. The molecule has 0 spiro atoms. The van der Waals surface area contributed by atoms with E-state index >= 15 is 0 Å². The van der Waals surface area contributed by atoms with Crippen LogP contribution >= 0.6 is 0 Å². The molecule has 0 amide bonds. The number of aromatic nitrogens is 2. The van der Waals surface area contributed by atoms with Crippen LogP contribution in [0, 0.1) is 0 Å². The Hall–Kier alpha value is -1.65. The summed E-state index contributed by atoms with van der Waals surface area (Å²) in [5, 5.41) is 3.26. The summed E-state index contributed by atoms with van der Waals surface area (Å²) in [4.78, 5) is 19.4. The van der Waals surface area contributed by atoms with E-state index < -0.39 is 5.97 Å². The molecule has 0 bridgehead atoms. The molecule has 0 saturated heterocycles. The SMILES string of the molecule is CCCC(C)(C)Nc1cncc(C(=O)OC)n1. The highest BCUT2D eigenvalue weighted by atomic mass is 16.5. The fourth-order valence-electron chi connectivity index (χ4n) is 1.66. The van der Waals surface area contributed by atoms with Crippen LogP contribution in [0.4, 0.5) is 5.82 Å². The van der Waals surface area contributed by atoms with Gasteiger partial charge in [0.15, 0.2) is 5.69 Å². The Kier molecular flexibility index (Phi) is 4.43. The quantitative estimate of drug-likeness (QED) is 0.796. The molecule has 5 nitrogen and oxygen atoms in total. The molecule has 94 valence electrons. The highest BCUT2D eigenvalue weighted by Crippen LogP contribution is 2.17. The number of carbonyl (C=O) groups is 1. The smallest absolute Gasteiger partial charge is 0.358 e. The van der Waals surface area contributed by atoms with E-state index in [-0.39, 0.29) is 11.2 Å². The Morgan fingerprint density at radius 2 is 2.18 bits per heavy atom. The zero-order chi connectivity index (χ0) is 12.9. The van der Waals surface area contributed by atoms with Gasteiger partial charge in [-0.1, -0.05) is 13.3 Å². The monoisotopic (exact) mass is 237 g/mol. The average Bonchev–Trinajstić information content (AvgIpc) is 2.27. The van der Waals surface area contributed by atoms with Crippen molar-refractivity contribution in [3.05, 3.63) is 18.1 Å². The van der Waals surface area contributed by atoms with Crippen molar-refractivity contribution >= 4 is 11.8 Å². The highest BCUT2D eigenvalue weighted by molar-refractivity contribution is 5.87. The lowest BCUT2D eigenvalue weighted by molar-refractivity contribution is 0.0593. The van der Waals surface area contributed by atoms with E-state index in [0.717, 1.165) is 12.8 Å². The van der Waals surface area contributed by atoms with Gasteiger partial charge in [0.25, 0.3) is 0 Å². The van der Waals surface area contributed by atoms with Gasteiger partial charge in [0, 0.05) is 5.54 Å². The molecule has 0 aliphatic heterocycles. The molecular formula is C12H19N3O2. The maximum absolute atomic E-state index is 11.3. The first-order valence-electron chi connectivity index (χ1n) is 5.67. The molecule has 0 aliphatic carbocycles. The Balaban J connectivity index is 2.82. The predicted octanol–water partition coefficient (Wildman–Crippen LogP) is 2.25. The van der Waals surface area contributed by atoms with Crippen molar-refractivity contribution in [2.45, 2.75) is 39.2 Å². The number of hydrogen-bond donors (Lipinski definition) is 1. The largest absolute Gasteiger partial charge is 0.464 e. The van der Waals surface area contributed by atoms with Crippen molar-refractivity contribution in [3.63, 3.8) is 0 Å². The van der Waals surface area contributed by atoms with Crippen LogP contribution in [0.3, 0.4) is 0 Å². The van der Waals surface area contributed by atoms with Gasteiger partial charge in [-0.3, -0.25) is 4.98 Å². The summed E-state index contributed by atoms with van der Waals surface area (Å²) in [7, 11) is 1.32. The molecule has 1 rings (SSSR count). The molecule has 0 fully saturated rings. The van der Waals surface area contributed by atoms with Crippen molar-refractivity contribution in [3.8, 4) is 0 Å². The summed E-state index contributed by atoms with van der Waals surface area (Å²) < 4.78 is 4.60. The number of ether oxygens (including phenoxy) is 1. The van der Waals surface area contributed by atoms with Crippen molar-refractivity contribution in [1.82, 2.24) is 9.97 Å².